The van der Waals surface area contributed by atoms with Crippen molar-refractivity contribution in [2.45, 2.75) is 33.0 Å². The van der Waals surface area contributed by atoms with Crippen LogP contribution in [0.3, 0.4) is 0 Å². The van der Waals surface area contributed by atoms with E-state index in [0.29, 0.717) is 12.6 Å². The van der Waals surface area contributed by atoms with Gasteiger partial charge >= 0.3 is 0 Å². The molecule has 0 fully saturated rings. The smallest absolute Gasteiger partial charge is 0.148 e. The number of nitrogens with zero attached hydrogens (tertiary/aromatic N) is 1. The highest BCUT2D eigenvalue weighted by molar-refractivity contribution is 9.10. The summed E-state index contributed by atoms with van der Waals surface area (Å²) in [6.45, 7) is 6.37. The minimum absolute atomic E-state index is 0.192. The molecule has 0 aliphatic rings. The van der Waals surface area contributed by atoms with Gasteiger partial charge < -0.3 is 10.2 Å². The Kier molecular flexibility index (Phi) is 7.33. The molecule has 21 heavy (non-hydrogen) atoms. The maximum atomic E-state index is 11.2. The van der Waals surface area contributed by atoms with Crippen molar-refractivity contribution in [3.8, 4) is 0 Å². The van der Waals surface area contributed by atoms with Gasteiger partial charge in [-0.3, -0.25) is 0 Å². The van der Waals surface area contributed by atoms with Gasteiger partial charge in [0.05, 0.1) is 5.75 Å². The third kappa shape index (κ3) is 7.95. The maximum absolute atomic E-state index is 11.2. The van der Waals surface area contributed by atoms with Crippen LogP contribution in [0.15, 0.2) is 22.7 Å². The third-order valence-corrected chi connectivity index (χ3v) is 4.78. The number of sulfone groups is 1. The third-order valence-electron chi connectivity index (χ3n) is 3.12. The molecule has 4 nitrogen and oxygen atoms in total. The Labute approximate surface area is 137 Å². The van der Waals surface area contributed by atoms with E-state index in [2.05, 4.69) is 53.3 Å². The predicted molar refractivity (Wildman–Crippen MR) is 92.2 cm³/mol. The molecule has 0 spiro atoms. The summed E-state index contributed by atoms with van der Waals surface area (Å²) < 4.78 is 23.4. The molecule has 0 atom stereocenters. The van der Waals surface area contributed by atoms with Crippen LogP contribution < -0.4 is 5.32 Å². The molecule has 6 heteroatoms. The second-order valence-corrected chi connectivity index (χ2v) is 8.94. The van der Waals surface area contributed by atoms with Crippen LogP contribution in [-0.4, -0.2) is 45.0 Å². The van der Waals surface area contributed by atoms with E-state index in [1.807, 2.05) is 11.9 Å². The lowest BCUT2D eigenvalue weighted by atomic mass is 10.1. The standard InChI is InChI=1S/C15H25BrN2O2S/c1-12(2)17-10-13-5-6-14(15(16)9-13)11-18(3)7-8-21(4,19)20/h5-6,9,12,17H,7-8,10-11H2,1-4H3. The van der Waals surface area contributed by atoms with Gasteiger partial charge in [-0.1, -0.05) is 41.9 Å². The van der Waals surface area contributed by atoms with Gasteiger partial charge in [0, 0.05) is 36.4 Å². The van der Waals surface area contributed by atoms with E-state index < -0.39 is 9.84 Å². The van der Waals surface area contributed by atoms with Crippen LogP contribution in [0.2, 0.25) is 0 Å². The summed E-state index contributed by atoms with van der Waals surface area (Å²) in [5.74, 6) is 0.192. The zero-order valence-electron chi connectivity index (χ0n) is 13.2. The SMILES string of the molecule is CC(C)NCc1ccc(CN(C)CCS(C)(=O)=O)c(Br)c1. The Balaban J connectivity index is 2.59. The number of nitrogens with one attached hydrogen (secondary N) is 1. The summed E-state index contributed by atoms with van der Waals surface area (Å²) in [5, 5.41) is 3.39. The summed E-state index contributed by atoms with van der Waals surface area (Å²) >= 11 is 3.60. The first-order valence-electron chi connectivity index (χ1n) is 7.04. The van der Waals surface area contributed by atoms with Crippen LogP contribution >= 0.6 is 15.9 Å². The molecule has 0 aliphatic heterocycles. The average molecular weight is 377 g/mol. The van der Waals surface area contributed by atoms with Crippen LogP contribution in [0.4, 0.5) is 0 Å². The number of hydrogen-bond donors (Lipinski definition) is 1. The minimum Gasteiger partial charge on any atom is -0.310 e. The largest absolute Gasteiger partial charge is 0.310 e. The molecule has 0 saturated carbocycles. The second kappa shape index (κ2) is 8.27. The molecule has 1 aromatic rings. The number of hydrogen-bond acceptors (Lipinski definition) is 4. The number of rotatable bonds is 8. The quantitative estimate of drug-likeness (QED) is 0.756. The van der Waals surface area contributed by atoms with Crippen molar-refractivity contribution in [3.63, 3.8) is 0 Å². The van der Waals surface area contributed by atoms with E-state index in [9.17, 15) is 8.42 Å². The summed E-state index contributed by atoms with van der Waals surface area (Å²) in [4.78, 5) is 2.02. The van der Waals surface area contributed by atoms with Crippen molar-refractivity contribution < 1.29 is 8.42 Å². The van der Waals surface area contributed by atoms with E-state index in [-0.39, 0.29) is 5.75 Å². The first-order chi connectivity index (χ1) is 9.67. The Morgan fingerprint density at radius 2 is 2.00 bits per heavy atom. The normalized spacial score (nSPS) is 12.3. The van der Waals surface area contributed by atoms with Gasteiger partial charge in [-0.05, 0) is 24.2 Å². The molecule has 0 saturated heterocycles. The number of benzene rings is 1. The van der Waals surface area contributed by atoms with Crippen molar-refractivity contribution in [2.75, 3.05) is 25.6 Å². The topological polar surface area (TPSA) is 49.4 Å². The zero-order valence-corrected chi connectivity index (χ0v) is 15.6. The summed E-state index contributed by atoms with van der Waals surface area (Å²) in [6.07, 6.45) is 1.27. The fraction of sp³-hybridized carbons (Fsp3) is 0.600. The number of halogens is 1. The average Bonchev–Trinajstić information content (AvgIpc) is 2.36. The molecule has 0 radical (unpaired) electrons. The van der Waals surface area contributed by atoms with Crippen LogP contribution in [0.5, 0.6) is 0 Å². The van der Waals surface area contributed by atoms with Crippen molar-refractivity contribution >= 4 is 25.8 Å². The molecule has 0 aromatic heterocycles. The van der Waals surface area contributed by atoms with Gasteiger partial charge in [0.25, 0.3) is 0 Å². The minimum atomic E-state index is -2.91. The van der Waals surface area contributed by atoms with E-state index in [1.165, 1.54) is 17.4 Å². The second-order valence-electron chi connectivity index (χ2n) is 5.83. The van der Waals surface area contributed by atoms with Crippen molar-refractivity contribution in [3.05, 3.63) is 33.8 Å². The van der Waals surface area contributed by atoms with Crippen molar-refractivity contribution in [1.29, 1.82) is 0 Å². The van der Waals surface area contributed by atoms with Crippen LogP contribution in [-0.2, 0) is 22.9 Å². The molecular formula is C15H25BrN2O2S. The lowest BCUT2D eigenvalue weighted by Gasteiger charge is -2.17. The molecule has 1 N–H and O–H groups in total. The molecule has 1 rings (SSSR count). The van der Waals surface area contributed by atoms with Crippen LogP contribution in [0, 0.1) is 0 Å². The monoisotopic (exact) mass is 376 g/mol. The highest BCUT2D eigenvalue weighted by Gasteiger charge is 2.08. The molecule has 0 bridgehead atoms. The molecule has 0 unspecified atom stereocenters. The van der Waals surface area contributed by atoms with E-state index in [0.717, 1.165) is 17.6 Å². The molecule has 0 amide bonds. The maximum Gasteiger partial charge on any atom is 0.148 e. The molecular weight excluding hydrogens is 352 g/mol. The lowest BCUT2D eigenvalue weighted by Crippen LogP contribution is -2.25. The first-order valence-corrected chi connectivity index (χ1v) is 9.89. The van der Waals surface area contributed by atoms with Crippen molar-refractivity contribution in [1.82, 2.24) is 10.2 Å². The van der Waals surface area contributed by atoms with Crippen LogP contribution in [0.1, 0.15) is 25.0 Å². The van der Waals surface area contributed by atoms with Crippen molar-refractivity contribution in [2.24, 2.45) is 0 Å². The Morgan fingerprint density at radius 3 is 2.52 bits per heavy atom. The van der Waals surface area contributed by atoms with E-state index in [4.69, 9.17) is 0 Å². The van der Waals surface area contributed by atoms with Gasteiger partial charge in [-0.25, -0.2) is 8.42 Å². The van der Waals surface area contributed by atoms with Gasteiger partial charge in [0.1, 0.15) is 9.84 Å². The molecule has 1 aromatic carbocycles. The van der Waals surface area contributed by atoms with Crippen LogP contribution in [0.25, 0.3) is 0 Å². The predicted octanol–water partition coefficient (Wildman–Crippen LogP) is 2.42. The zero-order chi connectivity index (χ0) is 16.0. The summed E-state index contributed by atoms with van der Waals surface area (Å²) in [6, 6.07) is 6.79. The highest BCUT2D eigenvalue weighted by Crippen LogP contribution is 2.20. The highest BCUT2D eigenvalue weighted by atomic mass is 79.9. The summed E-state index contributed by atoms with van der Waals surface area (Å²) in [5.41, 5.74) is 2.40. The van der Waals surface area contributed by atoms with Gasteiger partial charge in [-0.2, -0.15) is 0 Å². The molecule has 120 valence electrons. The summed E-state index contributed by atoms with van der Waals surface area (Å²) in [7, 11) is -0.969. The molecule has 0 aliphatic carbocycles. The fourth-order valence-corrected chi connectivity index (χ4v) is 3.04. The molecule has 0 heterocycles. The van der Waals surface area contributed by atoms with E-state index in [1.54, 1.807) is 0 Å². The fourth-order valence-electron chi connectivity index (χ4n) is 1.84. The lowest BCUT2D eigenvalue weighted by molar-refractivity contribution is 0.345. The van der Waals surface area contributed by atoms with Gasteiger partial charge in [0.2, 0.25) is 0 Å². The Morgan fingerprint density at radius 1 is 1.33 bits per heavy atom. The van der Waals surface area contributed by atoms with Gasteiger partial charge in [-0.15, -0.1) is 0 Å². The van der Waals surface area contributed by atoms with E-state index >= 15 is 0 Å². The first kappa shape index (κ1) is 18.6. The van der Waals surface area contributed by atoms with Gasteiger partial charge in [0.15, 0.2) is 0 Å². The Hall–Kier alpha value is -0.430. The Bertz CT molecular complexity index is 559.